The van der Waals surface area contributed by atoms with E-state index in [9.17, 15) is 0 Å². The summed E-state index contributed by atoms with van der Waals surface area (Å²) in [5.74, 6) is 1.21. The number of hydrogen-bond donors (Lipinski definition) is 0. The van der Waals surface area contributed by atoms with Gasteiger partial charge >= 0.3 is 6.01 Å². The maximum absolute atomic E-state index is 5.48. The Morgan fingerprint density at radius 1 is 1.03 bits per heavy atom. The van der Waals surface area contributed by atoms with Crippen LogP contribution in [0.1, 0.15) is 29.4 Å². The minimum absolute atomic E-state index is 0.252. The molecule has 9 nitrogen and oxygen atoms in total. The Morgan fingerprint density at radius 2 is 1.94 bits per heavy atom. The van der Waals surface area contributed by atoms with Crippen molar-refractivity contribution in [2.45, 2.75) is 18.3 Å². The zero-order valence-corrected chi connectivity index (χ0v) is 17.9. The van der Waals surface area contributed by atoms with Gasteiger partial charge in [-0.25, -0.2) is 14.5 Å². The number of ether oxygens (including phenoxy) is 2. The highest BCUT2D eigenvalue weighted by molar-refractivity contribution is 5.79. The SMILES string of the molecule is COc1ncc(-c2cc([C@@H]3C[C@@H]3c3ccc4cnn(C)c4c3)c3nccn3n2)c(OC)n1. The van der Waals surface area contributed by atoms with Gasteiger partial charge in [0.25, 0.3) is 0 Å². The highest BCUT2D eigenvalue weighted by Gasteiger charge is 2.41. The Bertz CT molecular complexity index is 1470. The van der Waals surface area contributed by atoms with Crippen molar-refractivity contribution >= 4 is 16.6 Å². The molecular formula is C23H21N7O2. The predicted octanol–water partition coefficient (Wildman–Crippen LogP) is 3.36. The number of fused-ring (bicyclic) bond motifs is 2. The maximum atomic E-state index is 5.48. The third kappa shape index (κ3) is 2.89. The number of methoxy groups -OCH3 is 2. The minimum atomic E-state index is 0.252. The summed E-state index contributed by atoms with van der Waals surface area (Å²) < 4.78 is 14.3. The molecule has 1 aliphatic rings. The van der Waals surface area contributed by atoms with Crippen molar-refractivity contribution in [3.05, 3.63) is 60.2 Å². The van der Waals surface area contributed by atoms with Gasteiger partial charge in [0.2, 0.25) is 5.88 Å². The van der Waals surface area contributed by atoms with Gasteiger partial charge in [-0.1, -0.05) is 12.1 Å². The number of rotatable bonds is 5. The van der Waals surface area contributed by atoms with Gasteiger partial charge in [-0.15, -0.1) is 0 Å². The molecule has 0 N–H and O–H groups in total. The van der Waals surface area contributed by atoms with Crippen LogP contribution in [0.15, 0.2) is 49.1 Å². The van der Waals surface area contributed by atoms with Crippen LogP contribution in [0.5, 0.6) is 11.9 Å². The lowest BCUT2D eigenvalue weighted by Crippen LogP contribution is -2.02. The number of aromatic nitrogens is 7. The number of nitrogens with zero attached hydrogens (tertiary/aromatic N) is 7. The van der Waals surface area contributed by atoms with Gasteiger partial charge in [0.1, 0.15) is 0 Å². The van der Waals surface area contributed by atoms with E-state index in [4.69, 9.17) is 14.6 Å². The first kappa shape index (κ1) is 18.7. The standard InChI is InChI=1S/C23H21N7O2/c1-29-20-8-13(4-5-14(20)11-26-29)15-9-16(15)17-10-19(28-30-7-6-24-21(17)30)18-12-25-23(32-3)27-22(18)31-2/h4-8,10-12,15-16H,9H2,1-3H3/t15-,16-/m1/s1. The van der Waals surface area contributed by atoms with Gasteiger partial charge in [-0.05, 0) is 36.0 Å². The van der Waals surface area contributed by atoms with Gasteiger partial charge in [0.15, 0.2) is 5.65 Å². The van der Waals surface area contributed by atoms with Crippen LogP contribution >= 0.6 is 0 Å². The summed E-state index contributed by atoms with van der Waals surface area (Å²) in [6.07, 6.45) is 8.28. The van der Waals surface area contributed by atoms with Crippen LogP contribution in [-0.2, 0) is 7.05 Å². The molecule has 9 heteroatoms. The molecule has 0 radical (unpaired) electrons. The van der Waals surface area contributed by atoms with E-state index < -0.39 is 0 Å². The molecule has 4 aromatic heterocycles. The molecule has 0 saturated heterocycles. The summed E-state index contributed by atoms with van der Waals surface area (Å²) in [5.41, 5.74) is 5.94. The Morgan fingerprint density at radius 3 is 2.78 bits per heavy atom. The highest BCUT2D eigenvalue weighted by atomic mass is 16.5. The summed E-state index contributed by atoms with van der Waals surface area (Å²) in [6.45, 7) is 0. The predicted molar refractivity (Wildman–Crippen MR) is 118 cm³/mol. The molecule has 0 spiro atoms. The van der Waals surface area contributed by atoms with E-state index in [-0.39, 0.29) is 6.01 Å². The molecular weight excluding hydrogens is 406 g/mol. The summed E-state index contributed by atoms with van der Waals surface area (Å²) in [5, 5.41) is 10.2. The second kappa shape index (κ2) is 7.01. The lowest BCUT2D eigenvalue weighted by Gasteiger charge is -2.11. The smallest absolute Gasteiger partial charge is 0.319 e. The third-order valence-corrected chi connectivity index (χ3v) is 6.16. The van der Waals surface area contributed by atoms with E-state index in [0.29, 0.717) is 23.3 Å². The van der Waals surface area contributed by atoms with Crippen molar-refractivity contribution in [1.82, 2.24) is 34.3 Å². The quantitative estimate of drug-likeness (QED) is 0.425. The fourth-order valence-electron chi connectivity index (χ4n) is 4.43. The number of hydrogen-bond acceptors (Lipinski definition) is 7. The molecule has 32 heavy (non-hydrogen) atoms. The fourth-order valence-corrected chi connectivity index (χ4v) is 4.43. The second-order valence-corrected chi connectivity index (χ2v) is 8.00. The molecule has 1 fully saturated rings. The minimum Gasteiger partial charge on any atom is -0.480 e. The fraction of sp³-hybridized carbons (Fsp3) is 0.261. The van der Waals surface area contributed by atoms with Crippen LogP contribution in [0.2, 0.25) is 0 Å². The Kier molecular flexibility index (Phi) is 4.11. The molecule has 2 atom stereocenters. The Balaban J connectivity index is 1.42. The third-order valence-electron chi connectivity index (χ3n) is 6.16. The molecule has 0 unspecified atom stereocenters. The first-order valence-corrected chi connectivity index (χ1v) is 10.4. The van der Waals surface area contributed by atoms with Crippen LogP contribution in [-0.4, -0.2) is 48.6 Å². The van der Waals surface area contributed by atoms with E-state index in [1.807, 2.05) is 28.6 Å². The zero-order valence-electron chi connectivity index (χ0n) is 17.9. The average Bonchev–Trinajstić information content (AvgIpc) is 3.33. The van der Waals surface area contributed by atoms with Crippen molar-refractivity contribution in [3.63, 3.8) is 0 Å². The van der Waals surface area contributed by atoms with Gasteiger partial charge in [-0.2, -0.15) is 15.2 Å². The van der Waals surface area contributed by atoms with E-state index in [0.717, 1.165) is 34.2 Å². The maximum Gasteiger partial charge on any atom is 0.319 e. The van der Waals surface area contributed by atoms with E-state index in [2.05, 4.69) is 44.3 Å². The normalized spacial score (nSPS) is 17.7. The topological polar surface area (TPSA) is 92.3 Å². The van der Waals surface area contributed by atoms with Crippen molar-refractivity contribution in [2.75, 3.05) is 14.2 Å². The first-order valence-electron chi connectivity index (χ1n) is 10.4. The number of benzene rings is 1. The van der Waals surface area contributed by atoms with Gasteiger partial charge < -0.3 is 9.47 Å². The van der Waals surface area contributed by atoms with Gasteiger partial charge in [-0.3, -0.25) is 4.68 Å². The highest BCUT2D eigenvalue weighted by Crippen LogP contribution is 2.56. The summed E-state index contributed by atoms with van der Waals surface area (Å²) in [4.78, 5) is 13.1. The Labute approximate surface area is 183 Å². The molecule has 0 bridgehead atoms. The van der Waals surface area contributed by atoms with E-state index >= 15 is 0 Å². The molecule has 0 amide bonds. The van der Waals surface area contributed by atoms with Gasteiger partial charge in [0, 0.05) is 36.6 Å². The van der Waals surface area contributed by atoms with Crippen molar-refractivity contribution in [2.24, 2.45) is 7.05 Å². The molecule has 6 rings (SSSR count). The molecule has 1 aromatic carbocycles. The lowest BCUT2D eigenvalue weighted by atomic mass is 10.0. The summed E-state index contributed by atoms with van der Waals surface area (Å²) in [6, 6.07) is 8.94. The van der Waals surface area contributed by atoms with Crippen LogP contribution < -0.4 is 9.47 Å². The van der Waals surface area contributed by atoms with Crippen LogP contribution in [0.25, 0.3) is 27.8 Å². The van der Waals surface area contributed by atoms with Crippen LogP contribution in [0.4, 0.5) is 0 Å². The largest absolute Gasteiger partial charge is 0.480 e. The second-order valence-electron chi connectivity index (χ2n) is 8.00. The van der Waals surface area contributed by atoms with Crippen molar-refractivity contribution < 1.29 is 9.47 Å². The summed E-state index contributed by atoms with van der Waals surface area (Å²) in [7, 11) is 5.08. The van der Waals surface area contributed by atoms with Crippen LogP contribution in [0, 0.1) is 0 Å². The summed E-state index contributed by atoms with van der Waals surface area (Å²) >= 11 is 0. The molecule has 1 aliphatic carbocycles. The number of aryl methyl sites for hydroxylation is 1. The molecule has 4 heterocycles. The van der Waals surface area contributed by atoms with E-state index in [1.54, 1.807) is 19.5 Å². The van der Waals surface area contributed by atoms with E-state index in [1.165, 1.54) is 12.7 Å². The monoisotopic (exact) mass is 427 g/mol. The average molecular weight is 427 g/mol. The molecule has 0 aliphatic heterocycles. The van der Waals surface area contributed by atoms with Crippen LogP contribution in [0.3, 0.4) is 0 Å². The van der Waals surface area contributed by atoms with Crippen molar-refractivity contribution in [3.8, 4) is 23.1 Å². The van der Waals surface area contributed by atoms with Crippen molar-refractivity contribution in [1.29, 1.82) is 0 Å². The Hall–Kier alpha value is -4.01. The van der Waals surface area contributed by atoms with Gasteiger partial charge in [0.05, 0.1) is 37.2 Å². The number of imidazole rings is 1. The first-order chi connectivity index (χ1) is 15.7. The molecule has 160 valence electrons. The molecule has 5 aromatic rings. The molecule has 1 saturated carbocycles. The lowest BCUT2D eigenvalue weighted by molar-refractivity contribution is 0.353. The zero-order chi connectivity index (χ0) is 21.8.